The molecule has 0 unspecified atom stereocenters. The number of tetrazole rings is 1. The molecule has 0 N–H and O–H groups in total. The van der Waals surface area contributed by atoms with Crippen molar-refractivity contribution in [2.24, 2.45) is 0 Å². The number of hydrogen-bond donors (Lipinski definition) is 0. The first-order chi connectivity index (χ1) is 12.7. The third kappa shape index (κ3) is 3.33. The largest absolute Gasteiger partial charge is 0.497 e. The molecule has 0 radical (unpaired) electrons. The number of benzene rings is 1. The van der Waals surface area contributed by atoms with Crippen LogP contribution in [-0.2, 0) is 12.3 Å². The van der Waals surface area contributed by atoms with Crippen LogP contribution in [0.1, 0.15) is 11.3 Å². The molecule has 0 amide bonds. The lowest BCUT2D eigenvalue weighted by Crippen LogP contribution is -2.04. The summed E-state index contributed by atoms with van der Waals surface area (Å²) in [6.07, 6.45) is 1.61. The van der Waals surface area contributed by atoms with Gasteiger partial charge >= 0.3 is 5.63 Å². The number of aromatic nitrogens is 4. The number of fused-ring (bicyclic) bond motifs is 1. The maximum Gasteiger partial charge on any atom is 0.336 e. The molecule has 0 fully saturated rings. The molecule has 4 aromatic rings. The van der Waals surface area contributed by atoms with E-state index in [4.69, 9.17) is 13.6 Å². The molecule has 26 heavy (non-hydrogen) atoms. The predicted octanol–water partition coefficient (Wildman–Crippen LogP) is 2.72. The molecular weight excluding hydrogens is 356 g/mol. The molecule has 0 aliphatic heterocycles. The minimum atomic E-state index is -0.406. The third-order valence-electron chi connectivity index (χ3n) is 3.78. The van der Waals surface area contributed by atoms with Gasteiger partial charge in [0.05, 0.1) is 13.4 Å². The van der Waals surface area contributed by atoms with Crippen LogP contribution in [0.2, 0.25) is 0 Å². The second kappa shape index (κ2) is 7.04. The fraction of sp³-hybridized carbons (Fsp3) is 0.176. The maximum atomic E-state index is 11.9. The van der Waals surface area contributed by atoms with Gasteiger partial charge in [-0.2, -0.15) is 0 Å². The molecule has 3 aromatic heterocycles. The zero-order chi connectivity index (χ0) is 17.9. The Balaban J connectivity index is 1.59. The topological polar surface area (TPSA) is 96.2 Å². The second-order valence-electron chi connectivity index (χ2n) is 5.44. The van der Waals surface area contributed by atoms with E-state index in [2.05, 4.69) is 15.5 Å². The Bertz CT molecular complexity index is 1090. The number of rotatable bonds is 6. The van der Waals surface area contributed by atoms with Crippen LogP contribution in [0.5, 0.6) is 5.75 Å². The summed E-state index contributed by atoms with van der Waals surface area (Å²) in [6.45, 7) is 0.442. The first kappa shape index (κ1) is 16.4. The van der Waals surface area contributed by atoms with Crippen molar-refractivity contribution in [2.75, 3.05) is 7.11 Å². The summed E-state index contributed by atoms with van der Waals surface area (Å²) in [6, 6.07) is 10.6. The van der Waals surface area contributed by atoms with Crippen molar-refractivity contribution in [2.45, 2.75) is 17.5 Å². The van der Waals surface area contributed by atoms with E-state index in [9.17, 15) is 4.79 Å². The monoisotopic (exact) mass is 370 g/mol. The number of nitrogens with zero attached hydrogens (tertiary/aromatic N) is 4. The highest BCUT2D eigenvalue weighted by Crippen LogP contribution is 2.27. The summed E-state index contributed by atoms with van der Waals surface area (Å²) in [7, 11) is 1.57. The van der Waals surface area contributed by atoms with E-state index in [0.29, 0.717) is 28.8 Å². The van der Waals surface area contributed by atoms with Crippen molar-refractivity contribution in [3.63, 3.8) is 0 Å². The minimum absolute atomic E-state index is 0.406. The molecule has 0 bridgehead atoms. The Labute approximate surface area is 151 Å². The number of ether oxygens (including phenoxy) is 1. The lowest BCUT2D eigenvalue weighted by atomic mass is 10.1. The first-order valence-electron chi connectivity index (χ1n) is 7.75. The average Bonchev–Trinajstić information content (AvgIpc) is 3.31. The van der Waals surface area contributed by atoms with E-state index < -0.39 is 5.63 Å². The molecule has 8 nitrogen and oxygen atoms in total. The Hall–Kier alpha value is -3.07. The SMILES string of the molecule is COc1ccc2c(CSc3nnnn3Cc3ccco3)cc(=O)oc2c1. The fourth-order valence-corrected chi connectivity index (χ4v) is 3.42. The van der Waals surface area contributed by atoms with Crippen molar-refractivity contribution in [1.29, 1.82) is 0 Å². The van der Waals surface area contributed by atoms with E-state index in [0.717, 1.165) is 16.7 Å². The molecular formula is C17H14N4O4S. The van der Waals surface area contributed by atoms with Gasteiger partial charge in [0, 0.05) is 23.3 Å². The van der Waals surface area contributed by atoms with Crippen molar-refractivity contribution in [3.8, 4) is 5.75 Å². The van der Waals surface area contributed by atoms with Gasteiger partial charge in [0.15, 0.2) is 0 Å². The van der Waals surface area contributed by atoms with Crippen LogP contribution in [0.3, 0.4) is 0 Å². The van der Waals surface area contributed by atoms with Crippen molar-refractivity contribution < 1.29 is 13.6 Å². The molecule has 4 rings (SSSR count). The molecule has 1 aromatic carbocycles. The molecule has 9 heteroatoms. The zero-order valence-electron chi connectivity index (χ0n) is 13.8. The smallest absolute Gasteiger partial charge is 0.336 e. The number of thioether (sulfide) groups is 1. The summed E-state index contributed by atoms with van der Waals surface area (Å²) in [4.78, 5) is 11.9. The lowest BCUT2D eigenvalue weighted by molar-refractivity contribution is 0.414. The molecule has 0 atom stereocenters. The summed E-state index contributed by atoms with van der Waals surface area (Å²) < 4.78 is 17.4. The van der Waals surface area contributed by atoms with Crippen LogP contribution in [0.25, 0.3) is 11.0 Å². The quantitative estimate of drug-likeness (QED) is 0.378. The van der Waals surface area contributed by atoms with Gasteiger partial charge in [-0.25, -0.2) is 9.48 Å². The highest BCUT2D eigenvalue weighted by molar-refractivity contribution is 7.98. The fourth-order valence-electron chi connectivity index (χ4n) is 2.55. The van der Waals surface area contributed by atoms with E-state index >= 15 is 0 Å². The van der Waals surface area contributed by atoms with Gasteiger partial charge in [-0.15, -0.1) is 5.10 Å². The molecule has 0 saturated carbocycles. The summed E-state index contributed by atoms with van der Waals surface area (Å²) in [5.41, 5.74) is 0.926. The molecule has 0 aliphatic rings. The summed E-state index contributed by atoms with van der Waals surface area (Å²) in [5.74, 6) is 1.91. The van der Waals surface area contributed by atoms with Gasteiger partial charge in [-0.05, 0) is 40.3 Å². The Morgan fingerprint density at radius 2 is 2.19 bits per heavy atom. The van der Waals surface area contributed by atoms with Crippen molar-refractivity contribution >= 4 is 22.7 Å². The van der Waals surface area contributed by atoms with E-state index in [1.807, 2.05) is 24.3 Å². The predicted molar refractivity (Wildman–Crippen MR) is 94.2 cm³/mol. The van der Waals surface area contributed by atoms with Crippen LogP contribution in [0.4, 0.5) is 0 Å². The number of furan rings is 1. The van der Waals surface area contributed by atoms with E-state index in [-0.39, 0.29) is 0 Å². The summed E-state index contributed by atoms with van der Waals surface area (Å²) >= 11 is 1.44. The Kier molecular flexibility index (Phi) is 4.44. The van der Waals surface area contributed by atoms with E-state index in [1.54, 1.807) is 24.1 Å². The van der Waals surface area contributed by atoms with Gasteiger partial charge in [0.2, 0.25) is 5.16 Å². The highest BCUT2D eigenvalue weighted by atomic mass is 32.2. The van der Waals surface area contributed by atoms with Crippen molar-refractivity contribution in [3.05, 3.63) is 64.4 Å². The maximum absolute atomic E-state index is 11.9. The normalized spacial score (nSPS) is 11.1. The third-order valence-corrected chi connectivity index (χ3v) is 4.78. The molecule has 0 aliphatic carbocycles. The molecule has 132 valence electrons. The lowest BCUT2D eigenvalue weighted by Gasteiger charge is -2.07. The molecule has 0 spiro atoms. The van der Waals surface area contributed by atoms with E-state index in [1.165, 1.54) is 17.8 Å². The Morgan fingerprint density at radius 3 is 3.00 bits per heavy atom. The van der Waals surface area contributed by atoms with Crippen LogP contribution in [-0.4, -0.2) is 27.3 Å². The van der Waals surface area contributed by atoms with Crippen LogP contribution >= 0.6 is 11.8 Å². The van der Waals surface area contributed by atoms with Gasteiger partial charge in [-0.1, -0.05) is 11.8 Å². The minimum Gasteiger partial charge on any atom is -0.497 e. The van der Waals surface area contributed by atoms with Gasteiger partial charge in [0.25, 0.3) is 0 Å². The number of hydrogen-bond acceptors (Lipinski definition) is 8. The van der Waals surface area contributed by atoms with Gasteiger partial charge in [-0.3, -0.25) is 0 Å². The molecule has 0 saturated heterocycles. The highest BCUT2D eigenvalue weighted by Gasteiger charge is 2.12. The van der Waals surface area contributed by atoms with Crippen LogP contribution < -0.4 is 10.4 Å². The first-order valence-corrected chi connectivity index (χ1v) is 8.73. The van der Waals surface area contributed by atoms with Crippen LogP contribution in [0.15, 0.2) is 61.4 Å². The Morgan fingerprint density at radius 1 is 1.27 bits per heavy atom. The second-order valence-corrected chi connectivity index (χ2v) is 6.38. The summed E-state index contributed by atoms with van der Waals surface area (Å²) in [5, 5.41) is 13.2. The molecule has 3 heterocycles. The standard InChI is InChI=1S/C17H14N4O4S/c1-23-12-4-5-14-11(7-16(22)25-15(14)8-12)10-26-17-18-19-20-21(17)9-13-3-2-6-24-13/h2-8H,9-10H2,1H3. The number of methoxy groups -OCH3 is 1. The zero-order valence-corrected chi connectivity index (χ0v) is 14.6. The van der Waals surface area contributed by atoms with Crippen molar-refractivity contribution in [1.82, 2.24) is 20.2 Å². The van der Waals surface area contributed by atoms with Crippen LogP contribution in [0, 0.1) is 0 Å². The van der Waals surface area contributed by atoms with Gasteiger partial charge < -0.3 is 13.6 Å². The van der Waals surface area contributed by atoms with Gasteiger partial charge in [0.1, 0.15) is 23.6 Å². The average molecular weight is 370 g/mol.